The molecule has 0 aromatic carbocycles. The van der Waals surface area contributed by atoms with Gasteiger partial charge in [-0.25, -0.2) is 15.0 Å². The topological polar surface area (TPSA) is 108 Å². The molecular formula is C9H11N3O4S. The van der Waals surface area contributed by atoms with Crippen LogP contribution >= 0.6 is 11.3 Å². The zero-order valence-electron chi connectivity index (χ0n) is 8.89. The van der Waals surface area contributed by atoms with Gasteiger partial charge < -0.3 is 10.4 Å². The molecule has 1 aromatic rings. The Bertz CT molecular complexity index is 418. The van der Waals surface area contributed by atoms with Crippen molar-refractivity contribution in [2.75, 3.05) is 0 Å². The number of thiophene rings is 1. The second-order valence-corrected chi connectivity index (χ2v) is 4.05. The number of carbonyl (C=O) groups excluding carboxylic acids is 2. The number of aliphatic carboxylic acids is 1. The van der Waals surface area contributed by atoms with Gasteiger partial charge in [-0.15, -0.1) is 11.3 Å². The predicted molar refractivity (Wildman–Crippen MR) is 60.2 cm³/mol. The van der Waals surface area contributed by atoms with Crippen molar-refractivity contribution in [1.82, 2.24) is 16.2 Å². The molecule has 0 fully saturated rings. The molecule has 4 N–H and O–H groups in total. The molecule has 0 aliphatic carbocycles. The summed E-state index contributed by atoms with van der Waals surface area (Å²) < 4.78 is 0. The third kappa shape index (κ3) is 4.11. The lowest BCUT2D eigenvalue weighted by atomic mass is 10.2. The standard InChI is InChI=1S/C9H11N3O4S/c1-5(13)11-12-9(16)10-7(8(14)15)6-3-2-4-17-6/h2-4,7H,1H3,(H,11,13)(H,14,15)(H2,10,12,16). The molecule has 3 amide bonds. The largest absolute Gasteiger partial charge is 0.479 e. The second kappa shape index (κ2) is 5.85. The first kappa shape index (κ1) is 13.0. The summed E-state index contributed by atoms with van der Waals surface area (Å²) in [4.78, 5) is 33.2. The first-order valence-corrected chi connectivity index (χ1v) is 5.48. The van der Waals surface area contributed by atoms with Gasteiger partial charge in [0.15, 0.2) is 6.04 Å². The Balaban J connectivity index is 2.59. The van der Waals surface area contributed by atoms with Crippen molar-refractivity contribution in [3.05, 3.63) is 22.4 Å². The molecule has 1 rings (SSSR count). The highest BCUT2D eigenvalue weighted by atomic mass is 32.1. The predicted octanol–water partition coefficient (Wildman–Crippen LogP) is 0.224. The van der Waals surface area contributed by atoms with Crippen LogP contribution in [0.1, 0.15) is 17.8 Å². The first-order chi connectivity index (χ1) is 8.00. The minimum atomic E-state index is -1.18. The van der Waals surface area contributed by atoms with E-state index >= 15 is 0 Å². The third-order valence-corrected chi connectivity index (χ3v) is 2.64. The van der Waals surface area contributed by atoms with Crippen molar-refractivity contribution in [2.24, 2.45) is 0 Å². The van der Waals surface area contributed by atoms with E-state index in [4.69, 9.17) is 5.11 Å². The summed E-state index contributed by atoms with van der Waals surface area (Å²) in [6.45, 7) is 1.22. The van der Waals surface area contributed by atoms with Crippen LogP contribution in [0.3, 0.4) is 0 Å². The molecule has 1 atom stereocenters. The van der Waals surface area contributed by atoms with Gasteiger partial charge in [-0.05, 0) is 11.4 Å². The molecule has 0 aliphatic rings. The average molecular weight is 257 g/mol. The number of amides is 3. The van der Waals surface area contributed by atoms with E-state index < -0.39 is 23.9 Å². The molecule has 0 saturated heterocycles. The summed E-state index contributed by atoms with van der Waals surface area (Å²) in [7, 11) is 0. The third-order valence-electron chi connectivity index (χ3n) is 1.70. The minimum Gasteiger partial charge on any atom is -0.479 e. The quantitative estimate of drug-likeness (QED) is 0.581. The number of rotatable bonds is 3. The molecule has 1 heterocycles. The van der Waals surface area contributed by atoms with Gasteiger partial charge in [-0.1, -0.05) is 6.07 Å². The maximum absolute atomic E-state index is 11.3. The summed E-state index contributed by atoms with van der Waals surface area (Å²) in [5, 5.41) is 12.9. The fourth-order valence-corrected chi connectivity index (χ4v) is 1.79. The Morgan fingerprint density at radius 2 is 2.06 bits per heavy atom. The van der Waals surface area contributed by atoms with E-state index in [0.717, 1.165) is 0 Å². The molecule has 0 aliphatic heterocycles. The number of carboxylic acid groups (broad SMARTS) is 1. The van der Waals surface area contributed by atoms with E-state index in [0.29, 0.717) is 4.88 Å². The highest BCUT2D eigenvalue weighted by Crippen LogP contribution is 2.18. The van der Waals surface area contributed by atoms with Gasteiger partial charge in [0.05, 0.1) is 0 Å². The number of carboxylic acids is 1. The van der Waals surface area contributed by atoms with Crippen LogP contribution in [0.4, 0.5) is 4.79 Å². The van der Waals surface area contributed by atoms with Gasteiger partial charge in [-0.2, -0.15) is 0 Å². The monoisotopic (exact) mass is 257 g/mol. The van der Waals surface area contributed by atoms with Crippen molar-refractivity contribution in [2.45, 2.75) is 13.0 Å². The molecule has 0 radical (unpaired) electrons. The molecule has 17 heavy (non-hydrogen) atoms. The zero-order chi connectivity index (χ0) is 12.8. The Morgan fingerprint density at radius 1 is 1.35 bits per heavy atom. The van der Waals surface area contributed by atoms with E-state index in [1.54, 1.807) is 17.5 Å². The first-order valence-electron chi connectivity index (χ1n) is 4.60. The zero-order valence-corrected chi connectivity index (χ0v) is 9.71. The van der Waals surface area contributed by atoms with Gasteiger partial charge in [0.25, 0.3) is 0 Å². The summed E-state index contributed by atoms with van der Waals surface area (Å²) in [6, 6.07) is 1.36. The van der Waals surface area contributed by atoms with E-state index in [9.17, 15) is 14.4 Å². The van der Waals surface area contributed by atoms with Crippen molar-refractivity contribution >= 4 is 29.2 Å². The highest BCUT2D eigenvalue weighted by Gasteiger charge is 2.22. The van der Waals surface area contributed by atoms with E-state index in [1.165, 1.54) is 18.3 Å². The van der Waals surface area contributed by atoms with Crippen LogP contribution in [0.15, 0.2) is 17.5 Å². The summed E-state index contributed by atoms with van der Waals surface area (Å²) in [5.74, 6) is -1.63. The van der Waals surface area contributed by atoms with Gasteiger partial charge in [0.1, 0.15) is 0 Å². The van der Waals surface area contributed by atoms with Crippen LogP contribution in [0.5, 0.6) is 0 Å². The number of hydrogen-bond donors (Lipinski definition) is 4. The molecular weight excluding hydrogens is 246 g/mol. The molecule has 0 bridgehead atoms. The van der Waals surface area contributed by atoms with E-state index in [-0.39, 0.29) is 0 Å². The van der Waals surface area contributed by atoms with Crippen LogP contribution in [0.2, 0.25) is 0 Å². The molecule has 0 saturated carbocycles. The van der Waals surface area contributed by atoms with Crippen LogP contribution in [-0.2, 0) is 9.59 Å². The van der Waals surface area contributed by atoms with Crippen LogP contribution < -0.4 is 16.2 Å². The summed E-state index contributed by atoms with van der Waals surface area (Å²) in [5.41, 5.74) is 4.07. The van der Waals surface area contributed by atoms with Gasteiger partial charge >= 0.3 is 12.0 Å². The normalized spacial score (nSPS) is 11.4. The Hall–Kier alpha value is -2.09. The highest BCUT2D eigenvalue weighted by molar-refractivity contribution is 7.10. The molecule has 8 heteroatoms. The average Bonchev–Trinajstić information content (AvgIpc) is 2.75. The number of hydrogen-bond acceptors (Lipinski definition) is 4. The van der Waals surface area contributed by atoms with Crippen molar-refractivity contribution in [3.8, 4) is 0 Å². The molecule has 92 valence electrons. The van der Waals surface area contributed by atoms with Crippen molar-refractivity contribution in [3.63, 3.8) is 0 Å². The maximum atomic E-state index is 11.3. The van der Waals surface area contributed by atoms with E-state index in [1.807, 2.05) is 10.9 Å². The Kier molecular flexibility index (Phi) is 4.46. The van der Waals surface area contributed by atoms with E-state index in [2.05, 4.69) is 5.32 Å². The maximum Gasteiger partial charge on any atom is 0.334 e. The smallest absolute Gasteiger partial charge is 0.334 e. The minimum absolute atomic E-state index is 0.455. The fraction of sp³-hybridized carbons (Fsp3) is 0.222. The van der Waals surface area contributed by atoms with Gasteiger partial charge in [0, 0.05) is 11.8 Å². The van der Waals surface area contributed by atoms with Gasteiger partial charge in [-0.3, -0.25) is 10.2 Å². The van der Waals surface area contributed by atoms with Gasteiger partial charge in [0.2, 0.25) is 5.91 Å². The van der Waals surface area contributed by atoms with Crippen LogP contribution in [0.25, 0.3) is 0 Å². The molecule has 7 nitrogen and oxygen atoms in total. The van der Waals surface area contributed by atoms with Crippen molar-refractivity contribution in [1.29, 1.82) is 0 Å². The number of nitrogens with one attached hydrogen (secondary N) is 3. The molecule has 0 spiro atoms. The second-order valence-electron chi connectivity index (χ2n) is 3.07. The number of hydrazine groups is 1. The lowest BCUT2D eigenvalue weighted by molar-refractivity contribution is -0.139. The van der Waals surface area contributed by atoms with Crippen LogP contribution in [-0.4, -0.2) is 23.0 Å². The number of urea groups is 1. The summed E-state index contributed by atoms with van der Waals surface area (Å²) in [6.07, 6.45) is 0. The SMILES string of the molecule is CC(=O)NNC(=O)NC(C(=O)O)c1cccs1. The molecule has 1 aromatic heterocycles. The lowest BCUT2D eigenvalue weighted by Crippen LogP contribution is -2.48. The summed E-state index contributed by atoms with van der Waals surface area (Å²) >= 11 is 1.22. The van der Waals surface area contributed by atoms with Crippen molar-refractivity contribution < 1.29 is 19.5 Å². The Labute approximate surface area is 101 Å². The lowest BCUT2D eigenvalue weighted by Gasteiger charge is -2.13. The molecule has 1 unspecified atom stereocenters. The Morgan fingerprint density at radius 3 is 2.53 bits per heavy atom. The van der Waals surface area contributed by atoms with Crippen LogP contribution in [0, 0.1) is 0 Å². The number of carbonyl (C=O) groups is 3. The fourth-order valence-electron chi connectivity index (χ4n) is 1.02.